The molecular weight excluding hydrogens is 340 g/mol. The number of urea groups is 1. The van der Waals surface area contributed by atoms with Crippen LogP contribution in [0.25, 0.3) is 0 Å². The second kappa shape index (κ2) is 6.03. The first-order chi connectivity index (χ1) is 9.78. The number of hydrogen-bond acceptors (Lipinski definition) is 3. The molecule has 1 unspecified atom stereocenters. The number of aromatic carboxylic acids is 1. The molecule has 1 saturated heterocycles. The monoisotopic (exact) mass is 356 g/mol. The number of halogens is 1. The predicted molar refractivity (Wildman–Crippen MR) is 81.6 cm³/mol. The van der Waals surface area contributed by atoms with Crippen LogP contribution >= 0.6 is 15.9 Å². The van der Waals surface area contributed by atoms with Gasteiger partial charge in [0.25, 0.3) is 0 Å². The number of carboxylic acids is 1. The molecule has 0 aromatic heterocycles. The lowest BCUT2D eigenvalue weighted by molar-refractivity contribution is -0.000636. The summed E-state index contributed by atoms with van der Waals surface area (Å²) in [7, 11) is 0. The summed E-state index contributed by atoms with van der Waals surface area (Å²) in [5, 5.41) is 21.7. The highest BCUT2D eigenvalue weighted by Crippen LogP contribution is 2.23. The Morgan fingerprint density at radius 3 is 2.76 bits per heavy atom. The summed E-state index contributed by atoms with van der Waals surface area (Å²) >= 11 is 3.15. The summed E-state index contributed by atoms with van der Waals surface area (Å²) in [6.07, 6.45) is 1.40. The molecule has 1 heterocycles. The molecule has 0 aliphatic carbocycles. The molecule has 21 heavy (non-hydrogen) atoms. The van der Waals surface area contributed by atoms with E-state index in [2.05, 4.69) is 21.2 Å². The van der Waals surface area contributed by atoms with Gasteiger partial charge in [-0.2, -0.15) is 0 Å². The smallest absolute Gasteiger partial charge is 0.336 e. The standard InChI is InChI=1S/C14H17BrN2O4/c1-14(21)5-2-6-17(8-14)13(20)16-9-3-4-11(15)10(7-9)12(18)19/h3-4,7,21H,2,5-6,8H2,1H3,(H,16,20)(H,18,19). The van der Waals surface area contributed by atoms with Gasteiger partial charge in [0.05, 0.1) is 17.7 Å². The first-order valence-corrected chi connectivity index (χ1v) is 7.39. The number of carbonyl (C=O) groups excluding carboxylic acids is 1. The minimum absolute atomic E-state index is 0.0819. The Balaban J connectivity index is 2.09. The molecule has 1 aromatic rings. The highest BCUT2D eigenvalue weighted by atomic mass is 79.9. The van der Waals surface area contributed by atoms with Crippen molar-refractivity contribution in [2.24, 2.45) is 0 Å². The van der Waals surface area contributed by atoms with Crippen LogP contribution in [0.5, 0.6) is 0 Å². The Morgan fingerprint density at radius 2 is 2.14 bits per heavy atom. The molecule has 0 spiro atoms. The molecular formula is C14H17BrN2O4. The van der Waals surface area contributed by atoms with Gasteiger partial charge >= 0.3 is 12.0 Å². The van der Waals surface area contributed by atoms with Crippen LogP contribution in [-0.4, -0.2) is 45.8 Å². The fourth-order valence-electron chi connectivity index (χ4n) is 2.36. The molecule has 0 bridgehead atoms. The molecule has 1 aromatic carbocycles. The van der Waals surface area contributed by atoms with Crippen molar-refractivity contribution in [3.8, 4) is 0 Å². The summed E-state index contributed by atoms with van der Waals surface area (Å²) in [6.45, 7) is 2.54. The predicted octanol–water partition coefficient (Wildman–Crippen LogP) is 2.53. The minimum Gasteiger partial charge on any atom is -0.478 e. The van der Waals surface area contributed by atoms with E-state index in [0.717, 1.165) is 6.42 Å². The summed E-state index contributed by atoms with van der Waals surface area (Å²) in [5.41, 5.74) is -0.383. The Labute approximate surface area is 130 Å². The zero-order chi connectivity index (χ0) is 15.6. The van der Waals surface area contributed by atoms with E-state index in [0.29, 0.717) is 23.1 Å². The number of nitrogens with zero attached hydrogens (tertiary/aromatic N) is 1. The molecule has 0 radical (unpaired) electrons. The number of carbonyl (C=O) groups is 2. The van der Waals surface area contributed by atoms with E-state index in [-0.39, 0.29) is 18.1 Å². The first-order valence-electron chi connectivity index (χ1n) is 6.60. The molecule has 0 saturated carbocycles. The third kappa shape index (κ3) is 3.95. The highest BCUT2D eigenvalue weighted by Gasteiger charge is 2.31. The normalized spacial score (nSPS) is 22.0. The number of anilines is 1. The highest BCUT2D eigenvalue weighted by molar-refractivity contribution is 9.10. The Morgan fingerprint density at radius 1 is 1.43 bits per heavy atom. The van der Waals surface area contributed by atoms with Gasteiger partial charge in [0.1, 0.15) is 0 Å². The van der Waals surface area contributed by atoms with Crippen molar-refractivity contribution in [3.05, 3.63) is 28.2 Å². The average Bonchev–Trinajstić information content (AvgIpc) is 2.39. The third-order valence-electron chi connectivity index (χ3n) is 3.41. The van der Waals surface area contributed by atoms with Crippen molar-refractivity contribution in [2.45, 2.75) is 25.4 Å². The lowest BCUT2D eigenvalue weighted by Gasteiger charge is -2.36. The van der Waals surface area contributed by atoms with E-state index in [1.54, 1.807) is 19.1 Å². The van der Waals surface area contributed by atoms with Crippen LogP contribution in [0.3, 0.4) is 0 Å². The second-order valence-electron chi connectivity index (χ2n) is 5.45. The number of benzene rings is 1. The number of piperidine rings is 1. The Bertz CT molecular complexity index is 574. The van der Waals surface area contributed by atoms with Crippen molar-refractivity contribution < 1.29 is 19.8 Å². The number of likely N-dealkylation sites (tertiary alicyclic amines) is 1. The number of rotatable bonds is 2. The number of β-amino-alcohol motifs (C(OH)–C–C–N with tert-alkyl or cyclic N) is 1. The second-order valence-corrected chi connectivity index (χ2v) is 6.31. The molecule has 114 valence electrons. The van der Waals surface area contributed by atoms with E-state index in [1.165, 1.54) is 11.0 Å². The number of amides is 2. The third-order valence-corrected chi connectivity index (χ3v) is 4.10. The summed E-state index contributed by atoms with van der Waals surface area (Å²) in [6, 6.07) is 4.25. The number of hydrogen-bond donors (Lipinski definition) is 3. The number of nitrogens with one attached hydrogen (secondary N) is 1. The van der Waals surface area contributed by atoms with Gasteiger partial charge in [-0.15, -0.1) is 0 Å². The molecule has 1 aliphatic rings. The van der Waals surface area contributed by atoms with Crippen LogP contribution in [0.1, 0.15) is 30.1 Å². The maximum absolute atomic E-state index is 12.2. The fraction of sp³-hybridized carbons (Fsp3) is 0.429. The van der Waals surface area contributed by atoms with Crippen LogP contribution in [0.15, 0.2) is 22.7 Å². The summed E-state index contributed by atoms with van der Waals surface area (Å²) in [5.74, 6) is -1.07. The molecule has 1 atom stereocenters. The molecule has 1 fully saturated rings. The average molecular weight is 357 g/mol. The maximum atomic E-state index is 12.2. The van der Waals surface area contributed by atoms with E-state index >= 15 is 0 Å². The topological polar surface area (TPSA) is 89.9 Å². The Hall–Kier alpha value is -1.60. The van der Waals surface area contributed by atoms with Crippen molar-refractivity contribution in [1.82, 2.24) is 4.90 Å². The SMILES string of the molecule is CC1(O)CCCN(C(=O)Nc2ccc(Br)c(C(=O)O)c2)C1. The van der Waals surface area contributed by atoms with E-state index in [1.807, 2.05) is 0 Å². The zero-order valence-electron chi connectivity index (χ0n) is 11.6. The zero-order valence-corrected chi connectivity index (χ0v) is 13.2. The van der Waals surface area contributed by atoms with E-state index in [9.17, 15) is 14.7 Å². The number of carboxylic acid groups (broad SMARTS) is 1. The lowest BCUT2D eigenvalue weighted by Crippen LogP contribution is -2.49. The Kier molecular flexibility index (Phi) is 4.53. The summed E-state index contributed by atoms with van der Waals surface area (Å²) in [4.78, 5) is 24.8. The van der Waals surface area contributed by atoms with Crippen LogP contribution in [0.2, 0.25) is 0 Å². The first kappa shape index (κ1) is 15.8. The number of aliphatic hydroxyl groups is 1. The van der Waals surface area contributed by atoms with Gasteiger partial charge in [-0.3, -0.25) is 0 Å². The van der Waals surface area contributed by atoms with E-state index < -0.39 is 11.6 Å². The van der Waals surface area contributed by atoms with Gasteiger partial charge in [0.15, 0.2) is 0 Å². The van der Waals surface area contributed by atoms with Crippen LogP contribution in [0.4, 0.5) is 10.5 Å². The fourth-order valence-corrected chi connectivity index (χ4v) is 2.78. The van der Waals surface area contributed by atoms with Crippen LogP contribution < -0.4 is 5.32 Å². The van der Waals surface area contributed by atoms with Gasteiger partial charge in [-0.25, -0.2) is 9.59 Å². The molecule has 3 N–H and O–H groups in total. The van der Waals surface area contributed by atoms with Crippen LogP contribution in [0, 0.1) is 0 Å². The largest absolute Gasteiger partial charge is 0.478 e. The van der Waals surface area contributed by atoms with Crippen LogP contribution in [-0.2, 0) is 0 Å². The minimum atomic E-state index is -1.07. The molecule has 7 heteroatoms. The quantitative estimate of drug-likeness (QED) is 0.759. The van der Waals surface area contributed by atoms with Gasteiger partial charge < -0.3 is 20.4 Å². The summed E-state index contributed by atoms with van der Waals surface area (Å²) < 4.78 is 0.453. The maximum Gasteiger partial charge on any atom is 0.336 e. The molecule has 2 rings (SSSR count). The van der Waals surface area contributed by atoms with E-state index in [4.69, 9.17) is 5.11 Å². The van der Waals surface area contributed by atoms with Crippen molar-refractivity contribution in [3.63, 3.8) is 0 Å². The lowest BCUT2D eigenvalue weighted by atomic mass is 9.95. The van der Waals surface area contributed by atoms with Gasteiger partial charge in [0.2, 0.25) is 0 Å². The van der Waals surface area contributed by atoms with Gasteiger partial charge in [0, 0.05) is 16.7 Å². The van der Waals surface area contributed by atoms with Crippen molar-refractivity contribution in [1.29, 1.82) is 0 Å². The molecule has 6 nitrogen and oxygen atoms in total. The van der Waals surface area contributed by atoms with Crippen molar-refractivity contribution >= 4 is 33.6 Å². The van der Waals surface area contributed by atoms with Gasteiger partial charge in [-0.05, 0) is 53.9 Å². The van der Waals surface area contributed by atoms with Crippen molar-refractivity contribution in [2.75, 3.05) is 18.4 Å². The molecule has 2 amide bonds. The molecule has 1 aliphatic heterocycles. The van der Waals surface area contributed by atoms with Gasteiger partial charge in [-0.1, -0.05) is 0 Å².